The fourth-order valence-electron chi connectivity index (χ4n) is 4.24. The van der Waals surface area contributed by atoms with Gasteiger partial charge in [-0.05, 0) is 68.5 Å². The first-order valence-corrected chi connectivity index (χ1v) is 11.4. The van der Waals surface area contributed by atoms with E-state index in [0.717, 1.165) is 41.5 Å². The Morgan fingerprint density at radius 3 is 2.56 bits per heavy atom. The number of fused-ring (bicyclic) bond motifs is 1. The molecule has 1 aliphatic heterocycles. The predicted molar refractivity (Wildman–Crippen MR) is 130 cm³/mol. The first kappa shape index (κ1) is 21.9. The molecule has 0 atom stereocenters. The number of benzene rings is 2. The molecule has 7 nitrogen and oxygen atoms in total. The average molecular weight is 434 g/mol. The van der Waals surface area contributed by atoms with Gasteiger partial charge in [0.25, 0.3) is 5.56 Å². The van der Waals surface area contributed by atoms with Crippen molar-refractivity contribution in [2.75, 3.05) is 23.3 Å². The van der Waals surface area contributed by atoms with Crippen molar-refractivity contribution in [3.8, 4) is 0 Å². The van der Waals surface area contributed by atoms with Crippen LogP contribution < -0.4 is 21.1 Å². The van der Waals surface area contributed by atoms with Crippen LogP contribution in [0.3, 0.4) is 0 Å². The number of anilines is 2. The van der Waals surface area contributed by atoms with Crippen LogP contribution in [-0.2, 0) is 6.54 Å². The molecule has 2 N–H and O–H groups in total. The summed E-state index contributed by atoms with van der Waals surface area (Å²) in [5.41, 5.74) is 4.81. The maximum absolute atomic E-state index is 13.2. The summed E-state index contributed by atoms with van der Waals surface area (Å²) in [5.74, 6) is 0.509. The molecule has 168 valence electrons. The van der Waals surface area contributed by atoms with Gasteiger partial charge in [0, 0.05) is 31.4 Å². The summed E-state index contributed by atoms with van der Waals surface area (Å²) in [5, 5.41) is 5.99. The normalized spacial score (nSPS) is 14.5. The van der Waals surface area contributed by atoms with E-state index in [1.165, 1.54) is 5.56 Å². The molecule has 2 amide bonds. The number of para-hydroxylation sites is 2. The van der Waals surface area contributed by atoms with E-state index in [-0.39, 0.29) is 17.6 Å². The lowest BCUT2D eigenvalue weighted by atomic mass is 10.1. The van der Waals surface area contributed by atoms with Gasteiger partial charge in [-0.2, -0.15) is 0 Å². The topological polar surface area (TPSA) is 79.3 Å². The van der Waals surface area contributed by atoms with E-state index < -0.39 is 0 Å². The lowest BCUT2D eigenvalue weighted by Gasteiger charge is -2.33. The third-order valence-electron chi connectivity index (χ3n) is 6.18. The molecular weight excluding hydrogens is 402 g/mol. The standard InChI is InChI=1S/C25H31N5O2/c1-4-13-30-22-8-6-5-7-21(22)28-23(24(30)31)29-14-11-19(12-15-29)26-25(32)27-20-10-9-17(2)18(3)16-20/h5-10,16,19H,4,11-15H2,1-3H3,(H2,26,27,32). The Balaban J connectivity index is 1.42. The van der Waals surface area contributed by atoms with E-state index in [0.29, 0.717) is 25.5 Å². The van der Waals surface area contributed by atoms with Crippen LogP contribution in [0, 0.1) is 13.8 Å². The molecule has 0 spiro atoms. The molecule has 7 heteroatoms. The number of piperidine rings is 1. The van der Waals surface area contributed by atoms with Gasteiger partial charge < -0.3 is 20.1 Å². The third-order valence-corrected chi connectivity index (χ3v) is 6.18. The summed E-state index contributed by atoms with van der Waals surface area (Å²) < 4.78 is 1.83. The van der Waals surface area contributed by atoms with Crippen molar-refractivity contribution in [3.63, 3.8) is 0 Å². The minimum Gasteiger partial charge on any atom is -0.352 e. The van der Waals surface area contributed by atoms with Crippen molar-refractivity contribution >= 4 is 28.6 Å². The van der Waals surface area contributed by atoms with E-state index in [2.05, 4.69) is 22.5 Å². The summed E-state index contributed by atoms with van der Waals surface area (Å²) in [7, 11) is 0. The van der Waals surface area contributed by atoms with Gasteiger partial charge in [0.1, 0.15) is 0 Å². The number of carbonyl (C=O) groups is 1. The van der Waals surface area contributed by atoms with Crippen molar-refractivity contribution in [1.82, 2.24) is 14.9 Å². The quantitative estimate of drug-likeness (QED) is 0.632. The highest BCUT2D eigenvalue weighted by atomic mass is 16.2. The van der Waals surface area contributed by atoms with Crippen LogP contribution in [0.25, 0.3) is 11.0 Å². The molecule has 1 aliphatic rings. The van der Waals surface area contributed by atoms with Crippen molar-refractivity contribution < 1.29 is 4.79 Å². The number of nitrogens with one attached hydrogen (secondary N) is 2. The third kappa shape index (κ3) is 4.61. The lowest BCUT2D eigenvalue weighted by Crippen LogP contribution is -2.47. The molecule has 3 aromatic rings. The summed E-state index contributed by atoms with van der Waals surface area (Å²) in [6.07, 6.45) is 2.42. The number of hydrogen-bond acceptors (Lipinski definition) is 4. The van der Waals surface area contributed by atoms with Gasteiger partial charge in [-0.25, -0.2) is 9.78 Å². The Morgan fingerprint density at radius 2 is 1.84 bits per heavy atom. The molecule has 0 saturated carbocycles. The average Bonchev–Trinajstić information content (AvgIpc) is 2.79. The number of aromatic nitrogens is 2. The lowest BCUT2D eigenvalue weighted by molar-refractivity contribution is 0.246. The minimum absolute atomic E-state index is 0.0376. The number of amides is 2. The number of aryl methyl sites for hydroxylation is 3. The Bertz CT molecular complexity index is 1180. The van der Waals surface area contributed by atoms with Gasteiger partial charge in [-0.3, -0.25) is 4.79 Å². The molecule has 2 heterocycles. The van der Waals surface area contributed by atoms with Crippen LogP contribution >= 0.6 is 0 Å². The molecular formula is C25H31N5O2. The van der Waals surface area contributed by atoms with E-state index in [1.807, 2.05) is 60.9 Å². The van der Waals surface area contributed by atoms with Crippen LogP contribution in [0.4, 0.5) is 16.3 Å². The van der Waals surface area contributed by atoms with Crippen LogP contribution in [0.5, 0.6) is 0 Å². The Kier molecular flexibility index (Phi) is 6.44. The fourth-order valence-corrected chi connectivity index (χ4v) is 4.24. The summed E-state index contributed by atoms with van der Waals surface area (Å²) >= 11 is 0. The van der Waals surface area contributed by atoms with E-state index in [1.54, 1.807) is 0 Å². The highest BCUT2D eigenvalue weighted by Gasteiger charge is 2.24. The molecule has 0 aliphatic carbocycles. The highest BCUT2D eigenvalue weighted by Crippen LogP contribution is 2.19. The first-order valence-electron chi connectivity index (χ1n) is 11.4. The molecule has 32 heavy (non-hydrogen) atoms. The second-order valence-corrected chi connectivity index (χ2v) is 8.54. The second-order valence-electron chi connectivity index (χ2n) is 8.54. The van der Waals surface area contributed by atoms with Gasteiger partial charge in [-0.15, -0.1) is 0 Å². The fraction of sp³-hybridized carbons (Fsp3) is 0.400. The smallest absolute Gasteiger partial charge is 0.319 e. The zero-order chi connectivity index (χ0) is 22.7. The molecule has 1 fully saturated rings. The second kappa shape index (κ2) is 9.42. The van der Waals surface area contributed by atoms with Crippen molar-refractivity contribution in [1.29, 1.82) is 0 Å². The molecule has 1 aromatic heterocycles. The van der Waals surface area contributed by atoms with Gasteiger partial charge in [-0.1, -0.05) is 25.1 Å². The van der Waals surface area contributed by atoms with Crippen molar-refractivity contribution in [3.05, 3.63) is 63.9 Å². The molecule has 4 rings (SSSR count). The minimum atomic E-state index is -0.194. The zero-order valence-corrected chi connectivity index (χ0v) is 19.0. The van der Waals surface area contributed by atoms with Crippen LogP contribution in [-0.4, -0.2) is 34.7 Å². The van der Waals surface area contributed by atoms with E-state index in [9.17, 15) is 9.59 Å². The summed E-state index contributed by atoms with van der Waals surface area (Å²) in [6.45, 7) is 8.19. The maximum Gasteiger partial charge on any atom is 0.319 e. The highest BCUT2D eigenvalue weighted by molar-refractivity contribution is 5.89. The number of rotatable bonds is 5. The number of carbonyl (C=O) groups excluding carboxylic acids is 1. The Labute approximate surface area is 188 Å². The molecule has 0 bridgehead atoms. The first-order chi connectivity index (χ1) is 15.5. The van der Waals surface area contributed by atoms with E-state index >= 15 is 0 Å². The Hall–Kier alpha value is -3.35. The van der Waals surface area contributed by atoms with E-state index in [4.69, 9.17) is 4.98 Å². The van der Waals surface area contributed by atoms with Crippen LogP contribution in [0.1, 0.15) is 37.3 Å². The molecule has 1 saturated heterocycles. The Morgan fingerprint density at radius 1 is 1.09 bits per heavy atom. The van der Waals surface area contributed by atoms with Crippen LogP contribution in [0.15, 0.2) is 47.3 Å². The zero-order valence-electron chi connectivity index (χ0n) is 19.0. The molecule has 0 radical (unpaired) electrons. The monoisotopic (exact) mass is 433 g/mol. The maximum atomic E-state index is 13.2. The van der Waals surface area contributed by atoms with Crippen LogP contribution in [0.2, 0.25) is 0 Å². The van der Waals surface area contributed by atoms with Gasteiger partial charge in [0.05, 0.1) is 11.0 Å². The molecule has 2 aromatic carbocycles. The molecule has 0 unspecified atom stereocenters. The van der Waals surface area contributed by atoms with Crippen molar-refractivity contribution in [2.45, 2.75) is 52.6 Å². The largest absolute Gasteiger partial charge is 0.352 e. The van der Waals surface area contributed by atoms with Gasteiger partial charge in [0.2, 0.25) is 0 Å². The number of nitrogens with zero attached hydrogens (tertiary/aromatic N) is 3. The van der Waals surface area contributed by atoms with Gasteiger partial charge in [0.15, 0.2) is 5.82 Å². The van der Waals surface area contributed by atoms with Gasteiger partial charge >= 0.3 is 6.03 Å². The summed E-state index contributed by atoms with van der Waals surface area (Å²) in [4.78, 5) is 32.4. The number of hydrogen-bond donors (Lipinski definition) is 2. The SMILES string of the molecule is CCCn1c(=O)c(N2CCC(NC(=O)Nc3ccc(C)c(C)c3)CC2)nc2ccccc21. The predicted octanol–water partition coefficient (Wildman–Crippen LogP) is 4.21. The summed E-state index contributed by atoms with van der Waals surface area (Å²) in [6, 6.07) is 13.6. The van der Waals surface area contributed by atoms with Crippen molar-refractivity contribution in [2.24, 2.45) is 0 Å². The number of urea groups is 1.